The van der Waals surface area contributed by atoms with Crippen LogP contribution in [-0.2, 0) is 6.54 Å². The monoisotopic (exact) mass is 435 g/mol. The third-order valence-electron chi connectivity index (χ3n) is 5.77. The number of aromatic nitrogens is 3. The van der Waals surface area contributed by atoms with Gasteiger partial charge in [-0.25, -0.2) is 18.4 Å². The number of aliphatic hydroxyl groups excluding tert-OH is 1. The third-order valence-corrected chi connectivity index (χ3v) is 5.77. The fourth-order valence-electron chi connectivity index (χ4n) is 4.33. The van der Waals surface area contributed by atoms with Crippen LogP contribution in [0.25, 0.3) is 0 Å². The molecule has 3 heterocycles. The van der Waals surface area contributed by atoms with Crippen molar-refractivity contribution in [1.29, 1.82) is 0 Å². The minimum atomic E-state index is -0.548. The number of hydrogen-bond donors (Lipinski definition) is 1. The first kappa shape index (κ1) is 20.3. The number of hydrogen-bond acceptors (Lipinski definition) is 6. The lowest BCUT2D eigenvalue weighted by Crippen LogP contribution is -2.30. The Balaban J connectivity index is 1.74. The Bertz CT molecular complexity index is 1250. The van der Waals surface area contributed by atoms with E-state index in [9.17, 15) is 18.7 Å². The molecule has 9 heteroatoms. The van der Waals surface area contributed by atoms with Crippen molar-refractivity contribution in [3.63, 3.8) is 0 Å². The first-order valence-corrected chi connectivity index (χ1v) is 10.3. The smallest absolute Gasteiger partial charge is 0.185 e. The van der Waals surface area contributed by atoms with Gasteiger partial charge in [-0.15, -0.1) is 0 Å². The molecule has 162 valence electrons. The van der Waals surface area contributed by atoms with Crippen LogP contribution in [0, 0.1) is 11.6 Å². The lowest BCUT2D eigenvalue weighted by atomic mass is 9.79. The molecule has 2 atom stereocenters. The SMILES string of the molecule is O=C1CN=C2c3c(cc(F)cc31)N=CC(c1ccc(F)cc1)C2c1ncnn1CCCO. The Morgan fingerprint density at radius 2 is 1.94 bits per heavy atom. The second-order valence-corrected chi connectivity index (χ2v) is 7.72. The van der Waals surface area contributed by atoms with Crippen LogP contribution >= 0.6 is 0 Å². The number of nitrogens with zero attached hydrogens (tertiary/aromatic N) is 5. The van der Waals surface area contributed by atoms with Crippen molar-refractivity contribution in [2.75, 3.05) is 13.2 Å². The van der Waals surface area contributed by atoms with Gasteiger partial charge in [-0.1, -0.05) is 12.1 Å². The summed E-state index contributed by atoms with van der Waals surface area (Å²) in [4.78, 5) is 26.1. The van der Waals surface area contributed by atoms with Crippen LogP contribution in [0.3, 0.4) is 0 Å². The van der Waals surface area contributed by atoms with E-state index in [1.54, 1.807) is 23.0 Å². The van der Waals surface area contributed by atoms with Gasteiger partial charge in [-0.05, 0) is 30.2 Å². The van der Waals surface area contributed by atoms with Gasteiger partial charge in [0.2, 0.25) is 0 Å². The summed E-state index contributed by atoms with van der Waals surface area (Å²) in [5, 5.41) is 13.6. The van der Waals surface area contributed by atoms with E-state index in [0.29, 0.717) is 35.8 Å². The van der Waals surface area contributed by atoms with Gasteiger partial charge in [0.25, 0.3) is 0 Å². The summed E-state index contributed by atoms with van der Waals surface area (Å²) in [6, 6.07) is 8.57. The molecule has 5 rings (SSSR count). The van der Waals surface area contributed by atoms with E-state index in [1.807, 2.05) is 0 Å². The number of aliphatic hydroxyl groups is 1. The number of aryl methyl sites for hydroxylation is 1. The average Bonchev–Trinajstić information content (AvgIpc) is 3.18. The maximum absolute atomic E-state index is 14.3. The zero-order valence-electron chi connectivity index (χ0n) is 16.9. The zero-order chi connectivity index (χ0) is 22.2. The van der Waals surface area contributed by atoms with Crippen LogP contribution < -0.4 is 0 Å². The lowest BCUT2D eigenvalue weighted by molar-refractivity contribution is 0.0999. The molecule has 3 aromatic rings. The second kappa shape index (κ2) is 8.16. The van der Waals surface area contributed by atoms with Gasteiger partial charge < -0.3 is 5.11 Å². The van der Waals surface area contributed by atoms with Crippen molar-refractivity contribution in [1.82, 2.24) is 14.8 Å². The Hall–Kier alpha value is -3.59. The van der Waals surface area contributed by atoms with Crippen molar-refractivity contribution in [3.8, 4) is 0 Å². The number of carbonyl (C=O) groups is 1. The topological polar surface area (TPSA) is 92.7 Å². The van der Waals surface area contributed by atoms with Gasteiger partial charge in [0, 0.05) is 42.5 Å². The highest BCUT2D eigenvalue weighted by Crippen LogP contribution is 2.42. The number of halogens is 2. The summed E-state index contributed by atoms with van der Waals surface area (Å²) in [7, 11) is 0. The van der Waals surface area contributed by atoms with E-state index < -0.39 is 17.7 Å². The molecule has 0 radical (unpaired) electrons. The zero-order valence-corrected chi connectivity index (χ0v) is 16.9. The quantitative estimate of drug-likeness (QED) is 0.666. The van der Waals surface area contributed by atoms with E-state index in [4.69, 9.17) is 0 Å². The standard InChI is InChI=1S/C23H19F2N5O2/c24-14-4-2-13(3-5-14)17-10-26-18-9-15(25)8-16-19(32)11-27-22(20(16)18)21(17)23-28-12-29-30(23)6-1-7-31/h2-5,8-10,12,17,21,31H,1,6-7,11H2. The van der Waals surface area contributed by atoms with Crippen molar-refractivity contribution in [3.05, 3.63) is 76.9 Å². The van der Waals surface area contributed by atoms with Crippen LogP contribution in [0.2, 0.25) is 0 Å². The molecule has 0 aliphatic carbocycles. The van der Waals surface area contributed by atoms with Crippen molar-refractivity contribution in [2.24, 2.45) is 9.98 Å². The van der Waals surface area contributed by atoms with E-state index >= 15 is 0 Å². The third kappa shape index (κ3) is 3.44. The number of aliphatic imine (C=N–C) groups is 2. The molecule has 0 fully saturated rings. The van der Waals surface area contributed by atoms with E-state index in [1.165, 1.54) is 30.6 Å². The summed E-state index contributed by atoms with van der Waals surface area (Å²) in [6.07, 6.45) is 3.58. The van der Waals surface area contributed by atoms with Gasteiger partial charge in [-0.3, -0.25) is 14.8 Å². The minimum absolute atomic E-state index is 0.00543. The summed E-state index contributed by atoms with van der Waals surface area (Å²) in [5.74, 6) is -1.52. The van der Waals surface area contributed by atoms with Crippen LogP contribution in [0.4, 0.5) is 14.5 Å². The highest BCUT2D eigenvalue weighted by Gasteiger charge is 2.39. The molecule has 32 heavy (non-hydrogen) atoms. The molecular weight excluding hydrogens is 416 g/mol. The van der Waals surface area contributed by atoms with Gasteiger partial charge in [0.15, 0.2) is 5.78 Å². The Morgan fingerprint density at radius 1 is 1.12 bits per heavy atom. The molecule has 2 aliphatic rings. The van der Waals surface area contributed by atoms with Crippen molar-refractivity contribution >= 4 is 23.4 Å². The van der Waals surface area contributed by atoms with Crippen LogP contribution in [0.15, 0.2) is 52.7 Å². The Kier molecular flexibility index (Phi) is 5.18. The fraction of sp³-hybridized carbons (Fsp3) is 0.261. The minimum Gasteiger partial charge on any atom is -0.396 e. The average molecular weight is 435 g/mol. The molecule has 7 nitrogen and oxygen atoms in total. The molecule has 0 spiro atoms. The lowest BCUT2D eigenvalue weighted by Gasteiger charge is -2.27. The maximum atomic E-state index is 14.3. The summed E-state index contributed by atoms with van der Waals surface area (Å²) in [5.41, 5.74) is 2.40. The summed E-state index contributed by atoms with van der Waals surface area (Å²) >= 11 is 0. The number of carbonyl (C=O) groups excluding carboxylic acids is 1. The van der Waals surface area contributed by atoms with Crippen molar-refractivity contribution < 1.29 is 18.7 Å². The molecule has 2 unspecified atom stereocenters. The van der Waals surface area contributed by atoms with E-state index in [-0.39, 0.29) is 30.3 Å². The molecule has 1 N–H and O–H groups in total. The van der Waals surface area contributed by atoms with Gasteiger partial charge >= 0.3 is 0 Å². The predicted molar refractivity (Wildman–Crippen MR) is 114 cm³/mol. The van der Waals surface area contributed by atoms with Gasteiger partial charge in [-0.2, -0.15) is 5.10 Å². The fourth-order valence-corrected chi connectivity index (χ4v) is 4.33. The first-order valence-electron chi connectivity index (χ1n) is 10.3. The molecule has 0 saturated heterocycles. The van der Waals surface area contributed by atoms with E-state index in [0.717, 1.165) is 5.56 Å². The Labute approximate surface area is 182 Å². The molecule has 0 saturated carbocycles. The van der Waals surface area contributed by atoms with Gasteiger partial charge in [0.05, 0.1) is 17.3 Å². The molecule has 0 bridgehead atoms. The Morgan fingerprint density at radius 3 is 2.72 bits per heavy atom. The number of benzene rings is 2. The first-order chi connectivity index (χ1) is 15.6. The molecule has 0 amide bonds. The predicted octanol–water partition coefficient (Wildman–Crippen LogP) is 3.21. The molecule has 2 aliphatic heterocycles. The number of Topliss-reactive ketones (excluding diaryl/α,β-unsaturated/α-hetero) is 1. The normalized spacial score (nSPS) is 19.5. The van der Waals surface area contributed by atoms with Crippen molar-refractivity contribution in [2.45, 2.75) is 24.8 Å². The molecular formula is C23H19F2N5O2. The maximum Gasteiger partial charge on any atom is 0.185 e. The summed E-state index contributed by atoms with van der Waals surface area (Å²) < 4.78 is 29.6. The molecule has 2 aromatic carbocycles. The largest absolute Gasteiger partial charge is 0.396 e. The van der Waals surface area contributed by atoms with Crippen LogP contribution in [0.5, 0.6) is 0 Å². The number of ketones is 1. The summed E-state index contributed by atoms with van der Waals surface area (Å²) in [6.45, 7) is 0.322. The highest BCUT2D eigenvalue weighted by molar-refractivity contribution is 6.21. The van der Waals surface area contributed by atoms with Crippen LogP contribution in [0.1, 0.15) is 45.6 Å². The second-order valence-electron chi connectivity index (χ2n) is 7.72. The molecule has 1 aromatic heterocycles. The van der Waals surface area contributed by atoms with E-state index in [2.05, 4.69) is 20.1 Å². The highest BCUT2D eigenvalue weighted by atomic mass is 19.1. The number of rotatable bonds is 5. The van der Waals surface area contributed by atoms with Gasteiger partial charge in [0.1, 0.15) is 30.3 Å². The van der Waals surface area contributed by atoms with Crippen LogP contribution in [-0.4, -0.2) is 50.7 Å².